The van der Waals surface area contributed by atoms with Crippen LogP contribution in [0.15, 0.2) is 5.76 Å². The maximum Gasteiger partial charge on any atom is 0.368 e. The highest BCUT2D eigenvalue weighted by atomic mass is 16.6. The van der Waals surface area contributed by atoms with Gasteiger partial charge in [-0.1, -0.05) is 0 Å². The van der Waals surface area contributed by atoms with E-state index in [1.807, 2.05) is 0 Å². The molecule has 11 nitrogen and oxygen atoms in total. The number of hydrogen-bond acceptors (Lipinski definition) is 10. The summed E-state index contributed by atoms with van der Waals surface area (Å²) in [6, 6.07) is 0. The zero-order chi connectivity index (χ0) is 16.3. The number of carboxylic acids is 1. The van der Waals surface area contributed by atoms with E-state index in [1.54, 1.807) is 0 Å². The molecule has 2 rings (SSSR count). The van der Waals surface area contributed by atoms with E-state index in [4.69, 9.17) is 5.11 Å². The van der Waals surface area contributed by atoms with Crippen molar-refractivity contribution < 1.29 is 50.9 Å². The number of carbonyl (C=O) groups is 1. The number of nitrogens with zero attached hydrogens (tertiary/aromatic N) is 1. The molecule has 1 aromatic carbocycles. The number of benzene rings is 1. The molecule has 1 unspecified atom stereocenters. The molecule has 1 atom stereocenters. The average Bonchev–Trinajstić information content (AvgIpc) is 2.43. The molecule has 1 aliphatic rings. The van der Waals surface area contributed by atoms with E-state index in [1.165, 1.54) is 0 Å². The second kappa shape index (κ2) is 3.97. The van der Waals surface area contributed by atoms with Gasteiger partial charge in [-0.15, -0.1) is 0 Å². The molecule has 21 heavy (non-hydrogen) atoms. The Morgan fingerprint density at radius 3 is 1.86 bits per heavy atom. The van der Waals surface area contributed by atoms with Gasteiger partial charge in [-0.05, 0) is 0 Å². The van der Waals surface area contributed by atoms with Gasteiger partial charge in [0.1, 0.15) is 5.69 Å². The summed E-state index contributed by atoms with van der Waals surface area (Å²) in [7, 11) is 0. The van der Waals surface area contributed by atoms with Crippen molar-refractivity contribution in [1.82, 2.24) is 0 Å². The predicted octanol–water partition coefficient (Wildman–Crippen LogP) is -0.724. The Labute approximate surface area is 114 Å². The second-order valence-corrected chi connectivity index (χ2v) is 4.10. The van der Waals surface area contributed by atoms with E-state index in [0.717, 1.165) is 0 Å². The molecule has 0 bridgehead atoms. The van der Waals surface area contributed by atoms with Crippen LogP contribution in [-0.4, -0.2) is 57.8 Å². The summed E-state index contributed by atoms with van der Waals surface area (Å²) in [5.41, 5.74) is -5.75. The number of aliphatic carboxylic acids is 1. The molecule has 0 saturated heterocycles. The lowest BCUT2D eigenvalue weighted by atomic mass is 9.96. The molecule has 0 saturated carbocycles. The van der Waals surface area contributed by atoms with Crippen LogP contribution in [0.5, 0.6) is 23.0 Å². The molecule has 0 aliphatic carbocycles. The van der Waals surface area contributed by atoms with Crippen LogP contribution in [0.4, 0.5) is 5.69 Å². The first kappa shape index (κ1) is 14.4. The number of fused-ring (bicyclic) bond motifs is 1. The molecule has 0 amide bonds. The van der Waals surface area contributed by atoms with Crippen molar-refractivity contribution in [3.8, 4) is 23.0 Å². The van der Waals surface area contributed by atoms with E-state index in [0.29, 0.717) is 0 Å². The molecule has 1 heterocycles. The van der Waals surface area contributed by atoms with Gasteiger partial charge in [0.25, 0.3) is 0 Å². The van der Waals surface area contributed by atoms with E-state index < -0.39 is 62.5 Å². The molecule has 9 N–H and O–H groups in total. The minimum atomic E-state index is -3.59. The maximum absolute atomic E-state index is 11.0. The Kier molecular flexibility index (Phi) is 2.72. The highest BCUT2D eigenvalue weighted by Crippen LogP contribution is 2.56. The first-order valence-corrected chi connectivity index (χ1v) is 5.14. The predicted molar refractivity (Wildman–Crippen MR) is 62.1 cm³/mol. The number of phenols is 4. The van der Waals surface area contributed by atoms with Crippen molar-refractivity contribution in [2.24, 2.45) is 0 Å². The van der Waals surface area contributed by atoms with E-state index in [9.17, 15) is 45.7 Å². The van der Waals surface area contributed by atoms with Crippen LogP contribution in [-0.2, 0) is 4.79 Å². The highest BCUT2D eigenvalue weighted by Gasteiger charge is 2.55. The lowest BCUT2D eigenvalue weighted by Gasteiger charge is -2.37. The number of aromatic hydroxyl groups is 4. The van der Waals surface area contributed by atoms with Gasteiger partial charge in [0.2, 0.25) is 17.3 Å². The van der Waals surface area contributed by atoms with Gasteiger partial charge in [0.05, 0.1) is 5.56 Å². The topological polar surface area (TPSA) is 202 Å². The summed E-state index contributed by atoms with van der Waals surface area (Å²) in [6.45, 7) is 0. The number of phenolic OH excluding ortho intramolecular Hbond substituents is 4. The fourth-order valence-electron chi connectivity index (χ4n) is 1.85. The minimum Gasteiger partial charge on any atom is -0.504 e. The molecule has 1 aromatic rings. The third-order valence-corrected chi connectivity index (χ3v) is 2.98. The molecular formula is C10H9NO10. The Morgan fingerprint density at radius 1 is 0.905 bits per heavy atom. The highest BCUT2D eigenvalue weighted by molar-refractivity contribution is 5.97. The SMILES string of the molecule is O=C(O)C1(O)C(O)=C(O)c2c(O)c(O)c(O)c(O)c2N1O. The quantitative estimate of drug-likeness (QED) is 0.234. The number of hydroxylamine groups is 1. The Hall–Kier alpha value is -3.05. The summed E-state index contributed by atoms with van der Waals surface area (Å²) >= 11 is 0. The number of rotatable bonds is 1. The first-order valence-electron chi connectivity index (χ1n) is 5.14. The summed E-state index contributed by atoms with van der Waals surface area (Å²) in [5, 5.41) is 84.7. The monoisotopic (exact) mass is 303 g/mol. The lowest BCUT2D eigenvalue weighted by molar-refractivity contribution is -0.164. The standard InChI is InChI=1S/C10H9NO10/c12-3-1-2(5(14)7(16)6(3)15)11(21)10(20,9(18)19)8(17)4(1)13/h12-17,20-21H,(H,18,19). The summed E-state index contributed by atoms with van der Waals surface area (Å²) in [4.78, 5) is 11.0. The van der Waals surface area contributed by atoms with Crippen LogP contribution in [0.2, 0.25) is 0 Å². The fourth-order valence-corrected chi connectivity index (χ4v) is 1.85. The zero-order valence-electron chi connectivity index (χ0n) is 9.88. The van der Waals surface area contributed by atoms with Crippen molar-refractivity contribution >= 4 is 17.4 Å². The van der Waals surface area contributed by atoms with Crippen LogP contribution in [0.25, 0.3) is 5.76 Å². The minimum absolute atomic E-state index is 0.603. The van der Waals surface area contributed by atoms with E-state index in [2.05, 4.69) is 0 Å². The van der Waals surface area contributed by atoms with Crippen molar-refractivity contribution in [3.63, 3.8) is 0 Å². The molecule has 1 aliphatic heterocycles. The first-order chi connectivity index (χ1) is 9.56. The molecule has 0 fully saturated rings. The van der Waals surface area contributed by atoms with E-state index in [-0.39, 0.29) is 0 Å². The van der Waals surface area contributed by atoms with Crippen molar-refractivity contribution in [3.05, 3.63) is 11.3 Å². The number of aliphatic hydroxyl groups is 3. The molecule has 114 valence electrons. The molecule has 0 radical (unpaired) electrons. The third kappa shape index (κ3) is 1.46. The number of hydrogen-bond donors (Lipinski definition) is 9. The molecule has 11 heteroatoms. The second-order valence-electron chi connectivity index (χ2n) is 4.10. The van der Waals surface area contributed by atoms with Crippen molar-refractivity contribution in [1.29, 1.82) is 0 Å². The largest absolute Gasteiger partial charge is 0.504 e. The van der Waals surface area contributed by atoms with Gasteiger partial charge < -0.3 is 40.9 Å². The fraction of sp³-hybridized carbons (Fsp3) is 0.100. The van der Waals surface area contributed by atoms with Gasteiger partial charge >= 0.3 is 11.7 Å². The van der Waals surface area contributed by atoms with Gasteiger partial charge in [-0.2, -0.15) is 0 Å². The zero-order valence-corrected chi connectivity index (χ0v) is 9.88. The Morgan fingerprint density at radius 2 is 1.38 bits per heavy atom. The smallest absolute Gasteiger partial charge is 0.368 e. The van der Waals surface area contributed by atoms with Crippen LogP contribution in [0.3, 0.4) is 0 Å². The lowest BCUT2D eigenvalue weighted by Crippen LogP contribution is -2.57. The maximum atomic E-state index is 11.0. The average molecular weight is 303 g/mol. The van der Waals surface area contributed by atoms with Crippen molar-refractivity contribution in [2.75, 3.05) is 5.06 Å². The summed E-state index contributed by atoms with van der Waals surface area (Å²) < 4.78 is 0. The summed E-state index contributed by atoms with van der Waals surface area (Å²) in [5.74, 6) is -10.7. The third-order valence-electron chi connectivity index (χ3n) is 2.98. The Bertz CT molecular complexity index is 696. The molecule has 0 spiro atoms. The van der Waals surface area contributed by atoms with Gasteiger partial charge in [-0.3, -0.25) is 5.21 Å². The molecular weight excluding hydrogens is 294 g/mol. The number of carboxylic acid groups (broad SMARTS) is 1. The van der Waals surface area contributed by atoms with Crippen LogP contribution < -0.4 is 5.06 Å². The Balaban J connectivity index is 2.98. The van der Waals surface area contributed by atoms with Crippen LogP contribution >= 0.6 is 0 Å². The van der Waals surface area contributed by atoms with Crippen LogP contribution in [0.1, 0.15) is 5.56 Å². The number of anilines is 1. The van der Waals surface area contributed by atoms with E-state index >= 15 is 0 Å². The van der Waals surface area contributed by atoms with Gasteiger partial charge in [-0.25, -0.2) is 9.86 Å². The number of aliphatic hydroxyl groups excluding tert-OH is 2. The van der Waals surface area contributed by atoms with Gasteiger partial charge in [0.15, 0.2) is 17.3 Å². The van der Waals surface area contributed by atoms with Crippen molar-refractivity contribution in [2.45, 2.75) is 5.72 Å². The summed E-state index contributed by atoms with van der Waals surface area (Å²) in [6.07, 6.45) is 0. The van der Waals surface area contributed by atoms with Crippen LogP contribution in [0, 0.1) is 0 Å². The molecule has 0 aromatic heterocycles. The normalized spacial score (nSPS) is 21.3. The van der Waals surface area contributed by atoms with Gasteiger partial charge in [0, 0.05) is 0 Å².